The topological polar surface area (TPSA) is 58.9 Å². The summed E-state index contributed by atoms with van der Waals surface area (Å²) in [6.45, 7) is -0.396. The molecule has 7 heteroatoms. The minimum Gasteiger partial charge on any atom is -0.361 e. The number of fused-ring (bicyclic) bond motifs is 1. The van der Waals surface area contributed by atoms with Gasteiger partial charge in [-0.15, -0.1) is 0 Å². The van der Waals surface area contributed by atoms with Gasteiger partial charge in [0.1, 0.15) is 0 Å². The average Bonchev–Trinajstić information content (AvgIpc) is 2.96. The van der Waals surface area contributed by atoms with Crippen LogP contribution in [0.15, 0.2) is 54.7 Å². The maximum Gasteiger partial charge on any atom is 0.416 e. The summed E-state index contributed by atoms with van der Waals surface area (Å²) in [5.41, 5.74) is 1.23. The van der Waals surface area contributed by atoms with E-state index in [1.807, 2.05) is 24.3 Å². The lowest BCUT2D eigenvalue weighted by atomic mass is 9.90. The molecule has 0 spiro atoms. The zero-order valence-electron chi connectivity index (χ0n) is 12.4. The van der Waals surface area contributed by atoms with Gasteiger partial charge in [-0.25, -0.2) is 0 Å². The minimum atomic E-state index is -4.43. The van der Waals surface area contributed by atoms with Gasteiger partial charge in [0.15, 0.2) is 0 Å². The number of aromatic nitrogens is 1. The van der Waals surface area contributed by atoms with Crippen LogP contribution in [0.2, 0.25) is 0 Å². The third kappa shape index (κ3) is 3.10. The maximum atomic E-state index is 12.7. The van der Waals surface area contributed by atoms with Crippen LogP contribution < -0.4 is 0 Å². The highest BCUT2D eigenvalue weighted by Crippen LogP contribution is 2.34. The van der Waals surface area contributed by atoms with Crippen LogP contribution in [0, 0.1) is 10.1 Å². The first-order valence-electron chi connectivity index (χ1n) is 7.21. The lowest BCUT2D eigenvalue weighted by Crippen LogP contribution is -2.14. The Bertz CT molecular complexity index is 869. The molecule has 0 aliphatic rings. The predicted octanol–water partition coefficient (Wildman–Crippen LogP) is 4.60. The molecule has 0 saturated carbocycles. The SMILES string of the molecule is O=[N+]([O-])CC(c1ccc(C(F)(F)F)cc1)c1c[nH]c2ccccc12. The Morgan fingerprint density at radius 2 is 1.75 bits per heavy atom. The van der Waals surface area contributed by atoms with Crippen molar-refractivity contribution in [2.75, 3.05) is 6.54 Å². The second-order valence-electron chi connectivity index (χ2n) is 5.48. The third-order valence-corrected chi connectivity index (χ3v) is 3.97. The van der Waals surface area contributed by atoms with Gasteiger partial charge in [0.2, 0.25) is 6.54 Å². The molecule has 3 rings (SSSR count). The van der Waals surface area contributed by atoms with Crippen LogP contribution >= 0.6 is 0 Å². The summed E-state index contributed by atoms with van der Waals surface area (Å²) in [5, 5.41) is 11.9. The van der Waals surface area contributed by atoms with E-state index in [0.717, 1.165) is 23.0 Å². The summed E-state index contributed by atoms with van der Waals surface area (Å²) in [6, 6.07) is 11.8. The number of benzene rings is 2. The Labute approximate surface area is 135 Å². The Morgan fingerprint density at radius 1 is 1.08 bits per heavy atom. The normalized spacial score (nSPS) is 13.1. The summed E-state index contributed by atoms with van der Waals surface area (Å²) in [6.07, 6.45) is -2.76. The van der Waals surface area contributed by atoms with Crippen LogP contribution in [0.25, 0.3) is 10.9 Å². The quantitative estimate of drug-likeness (QED) is 0.560. The minimum absolute atomic E-state index is 0.396. The van der Waals surface area contributed by atoms with Crippen LogP contribution in [0.3, 0.4) is 0 Å². The van der Waals surface area contributed by atoms with Gasteiger partial charge < -0.3 is 4.98 Å². The van der Waals surface area contributed by atoms with Gasteiger partial charge in [0.25, 0.3) is 0 Å². The zero-order chi connectivity index (χ0) is 17.3. The fraction of sp³-hybridized carbons (Fsp3) is 0.176. The van der Waals surface area contributed by atoms with Crippen molar-refractivity contribution in [3.63, 3.8) is 0 Å². The molecule has 1 N–H and O–H groups in total. The number of nitrogens with one attached hydrogen (secondary N) is 1. The van der Waals surface area contributed by atoms with Crippen LogP contribution in [-0.2, 0) is 6.18 Å². The number of hydrogen-bond donors (Lipinski definition) is 1. The predicted molar refractivity (Wildman–Crippen MR) is 83.4 cm³/mol. The highest BCUT2D eigenvalue weighted by Gasteiger charge is 2.31. The van der Waals surface area contributed by atoms with Crippen molar-refractivity contribution in [2.45, 2.75) is 12.1 Å². The number of para-hydroxylation sites is 1. The number of H-pyrrole nitrogens is 1. The van der Waals surface area contributed by atoms with Gasteiger partial charge in [-0.2, -0.15) is 13.2 Å². The summed E-state index contributed by atoms with van der Waals surface area (Å²) in [4.78, 5) is 13.6. The third-order valence-electron chi connectivity index (χ3n) is 3.97. The van der Waals surface area contributed by atoms with E-state index in [1.54, 1.807) is 6.20 Å². The number of nitrogens with zero attached hydrogens (tertiary/aromatic N) is 1. The van der Waals surface area contributed by atoms with Crippen molar-refractivity contribution in [3.05, 3.63) is 81.5 Å². The van der Waals surface area contributed by atoms with E-state index in [9.17, 15) is 23.3 Å². The summed E-state index contributed by atoms with van der Waals surface area (Å²) in [5.74, 6) is -0.626. The molecule has 0 radical (unpaired) electrons. The molecule has 124 valence electrons. The van der Waals surface area contributed by atoms with Crippen LogP contribution in [0.1, 0.15) is 22.6 Å². The molecule has 0 amide bonds. The first-order chi connectivity index (χ1) is 11.4. The summed E-state index contributed by atoms with van der Waals surface area (Å²) in [7, 11) is 0. The van der Waals surface area contributed by atoms with Gasteiger partial charge in [-0.3, -0.25) is 10.1 Å². The van der Waals surface area contributed by atoms with Gasteiger partial charge in [0.05, 0.1) is 11.5 Å². The van der Waals surface area contributed by atoms with Crippen LogP contribution in [-0.4, -0.2) is 16.5 Å². The smallest absolute Gasteiger partial charge is 0.361 e. The van der Waals surface area contributed by atoms with Crippen molar-refractivity contribution < 1.29 is 18.1 Å². The maximum absolute atomic E-state index is 12.7. The van der Waals surface area contributed by atoms with Crippen molar-refractivity contribution in [3.8, 4) is 0 Å². The molecule has 0 fully saturated rings. The number of hydrogen-bond acceptors (Lipinski definition) is 2. The van der Waals surface area contributed by atoms with Gasteiger partial charge in [-0.05, 0) is 29.3 Å². The van der Waals surface area contributed by atoms with Gasteiger partial charge >= 0.3 is 6.18 Å². The van der Waals surface area contributed by atoms with Gasteiger partial charge in [-0.1, -0.05) is 30.3 Å². The molecular formula is C17H13F3N2O2. The molecule has 0 aliphatic heterocycles. The molecule has 0 aliphatic carbocycles. The van der Waals surface area contributed by atoms with E-state index in [4.69, 9.17) is 0 Å². The molecule has 1 heterocycles. The van der Waals surface area contributed by atoms with E-state index >= 15 is 0 Å². The fourth-order valence-corrected chi connectivity index (χ4v) is 2.82. The molecule has 1 aromatic heterocycles. The van der Waals surface area contributed by atoms with Crippen molar-refractivity contribution in [2.24, 2.45) is 0 Å². The molecule has 4 nitrogen and oxygen atoms in total. The van der Waals surface area contributed by atoms with E-state index in [2.05, 4.69) is 4.98 Å². The Kier molecular flexibility index (Phi) is 4.01. The number of aromatic amines is 1. The monoisotopic (exact) mass is 334 g/mol. The van der Waals surface area contributed by atoms with Crippen molar-refractivity contribution in [1.82, 2.24) is 4.98 Å². The largest absolute Gasteiger partial charge is 0.416 e. The van der Waals surface area contributed by atoms with Crippen LogP contribution in [0.4, 0.5) is 13.2 Å². The Hall–Kier alpha value is -2.83. The second-order valence-corrected chi connectivity index (χ2v) is 5.48. The number of nitro groups is 1. The molecule has 0 saturated heterocycles. The molecule has 1 atom stereocenters. The fourth-order valence-electron chi connectivity index (χ4n) is 2.82. The molecule has 2 aromatic carbocycles. The number of alkyl halides is 3. The molecule has 3 aromatic rings. The highest BCUT2D eigenvalue weighted by molar-refractivity contribution is 5.84. The Balaban J connectivity index is 2.05. The second kappa shape index (κ2) is 5.99. The molecule has 1 unspecified atom stereocenters. The molecule has 24 heavy (non-hydrogen) atoms. The zero-order valence-corrected chi connectivity index (χ0v) is 12.4. The average molecular weight is 334 g/mol. The highest BCUT2D eigenvalue weighted by atomic mass is 19.4. The van der Waals surface area contributed by atoms with E-state index in [1.165, 1.54) is 12.1 Å². The molecule has 0 bridgehead atoms. The Morgan fingerprint density at radius 3 is 2.38 bits per heavy atom. The van der Waals surface area contributed by atoms with Gasteiger partial charge in [0, 0.05) is 22.0 Å². The number of halogens is 3. The molecular weight excluding hydrogens is 321 g/mol. The van der Waals surface area contributed by atoms with E-state index in [-0.39, 0.29) is 0 Å². The van der Waals surface area contributed by atoms with E-state index in [0.29, 0.717) is 11.1 Å². The van der Waals surface area contributed by atoms with Crippen LogP contribution in [0.5, 0.6) is 0 Å². The summed E-state index contributed by atoms with van der Waals surface area (Å²) < 4.78 is 38.1. The lowest BCUT2D eigenvalue weighted by Gasteiger charge is -2.14. The van der Waals surface area contributed by atoms with Crippen molar-refractivity contribution >= 4 is 10.9 Å². The van der Waals surface area contributed by atoms with Crippen molar-refractivity contribution in [1.29, 1.82) is 0 Å². The summed E-state index contributed by atoms with van der Waals surface area (Å²) >= 11 is 0. The van der Waals surface area contributed by atoms with E-state index < -0.39 is 29.1 Å². The number of rotatable bonds is 4. The lowest BCUT2D eigenvalue weighted by molar-refractivity contribution is -0.481. The first-order valence-corrected chi connectivity index (χ1v) is 7.21. The standard InChI is InChI=1S/C17H13F3N2O2/c18-17(19,20)12-7-5-11(6-8-12)15(10-22(23)24)14-9-21-16-4-2-1-3-13(14)16/h1-9,15,21H,10H2. The first kappa shape index (κ1) is 16.0.